The Bertz CT molecular complexity index is 475. The second-order valence-electron chi connectivity index (χ2n) is 7.49. The van der Waals surface area contributed by atoms with Crippen LogP contribution < -0.4 is 0 Å². The molecule has 3 atom stereocenters. The van der Waals surface area contributed by atoms with Gasteiger partial charge in [0.1, 0.15) is 0 Å². The van der Waals surface area contributed by atoms with E-state index in [1.165, 1.54) is 12.0 Å². The normalized spacial score (nSPS) is 22.2. The van der Waals surface area contributed by atoms with Crippen LogP contribution >= 0.6 is 0 Å². The Morgan fingerprint density at radius 2 is 1.95 bits per heavy atom. The number of rotatable bonds is 7. The number of esters is 1. The number of hydrogen-bond acceptors (Lipinski definition) is 3. The summed E-state index contributed by atoms with van der Waals surface area (Å²) in [5, 5.41) is 0. The molecule has 1 aliphatic rings. The zero-order chi connectivity index (χ0) is 16.2. The Balaban J connectivity index is 1.62. The van der Waals surface area contributed by atoms with Crippen LogP contribution in [0.3, 0.4) is 0 Å². The van der Waals surface area contributed by atoms with Crippen molar-refractivity contribution in [2.45, 2.75) is 40.7 Å². The van der Waals surface area contributed by atoms with Crippen LogP contribution in [-0.2, 0) is 20.9 Å². The van der Waals surface area contributed by atoms with E-state index >= 15 is 0 Å². The molecule has 2 rings (SSSR count). The highest BCUT2D eigenvalue weighted by Crippen LogP contribution is 2.44. The maximum atomic E-state index is 11.8. The molecule has 3 heteroatoms. The second-order valence-corrected chi connectivity index (χ2v) is 7.49. The van der Waals surface area contributed by atoms with E-state index in [1.807, 2.05) is 39.0 Å². The van der Waals surface area contributed by atoms with E-state index in [4.69, 9.17) is 9.47 Å². The lowest BCUT2D eigenvalue weighted by molar-refractivity contribution is -0.154. The van der Waals surface area contributed by atoms with Gasteiger partial charge in [-0.2, -0.15) is 0 Å². The van der Waals surface area contributed by atoms with Crippen LogP contribution in [0.15, 0.2) is 30.3 Å². The molecule has 122 valence electrons. The van der Waals surface area contributed by atoms with Crippen molar-refractivity contribution >= 4 is 5.97 Å². The van der Waals surface area contributed by atoms with E-state index in [9.17, 15) is 4.79 Å². The quantitative estimate of drug-likeness (QED) is 0.712. The number of hydrogen-bond donors (Lipinski definition) is 0. The minimum atomic E-state index is -0.415. The van der Waals surface area contributed by atoms with Gasteiger partial charge in [-0.3, -0.25) is 4.79 Å². The van der Waals surface area contributed by atoms with Gasteiger partial charge < -0.3 is 9.47 Å². The molecular formula is C19H28O3. The zero-order valence-electron chi connectivity index (χ0n) is 14.2. The highest BCUT2D eigenvalue weighted by atomic mass is 16.5. The van der Waals surface area contributed by atoms with Crippen LogP contribution in [0.1, 0.15) is 39.7 Å². The van der Waals surface area contributed by atoms with E-state index in [0.717, 1.165) is 6.61 Å². The van der Waals surface area contributed by atoms with Crippen LogP contribution in [0.5, 0.6) is 0 Å². The third kappa shape index (κ3) is 5.13. The number of carbonyl (C=O) groups is 1. The lowest BCUT2D eigenvalue weighted by Crippen LogP contribution is -2.25. The molecule has 0 aromatic heterocycles. The summed E-state index contributed by atoms with van der Waals surface area (Å²) in [7, 11) is 0. The molecule has 0 bridgehead atoms. The molecule has 0 N–H and O–H groups in total. The maximum absolute atomic E-state index is 11.8. The van der Waals surface area contributed by atoms with Crippen molar-refractivity contribution in [1.82, 2.24) is 0 Å². The van der Waals surface area contributed by atoms with Gasteiger partial charge in [-0.05, 0) is 50.5 Å². The second kappa shape index (κ2) is 7.28. The topological polar surface area (TPSA) is 35.5 Å². The lowest BCUT2D eigenvalue weighted by atomic mass is 9.97. The fourth-order valence-electron chi connectivity index (χ4n) is 2.61. The molecule has 0 amide bonds. The van der Waals surface area contributed by atoms with Gasteiger partial charge in [-0.25, -0.2) is 0 Å². The van der Waals surface area contributed by atoms with Crippen molar-refractivity contribution in [3.8, 4) is 0 Å². The summed E-state index contributed by atoms with van der Waals surface area (Å²) in [5.41, 5.74) is 0.799. The van der Waals surface area contributed by atoms with E-state index in [0.29, 0.717) is 31.0 Å². The van der Waals surface area contributed by atoms with E-state index in [-0.39, 0.29) is 5.97 Å². The summed E-state index contributed by atoms with van der Waals surface area (Å²) in [5.74, 6) is 1.55. The molecule has 0 heterocycles. The highest BCUT2D eigenvalue weighted by Gasteiger charge is 2.41. The van der Waals surface area contributed by atoms with Gasteiger partial charge in [0.25, 0.3) is 0 Å². The Morgan fingerprint density at radius 1 is 1.27 bits per heavy atom. The first-order valence-electron chi connectivity index (χ1n) is 8.17. The first-order valence-corrected chi connectivity index (χ1v) is 8.17. The molecule has 0 radical (unpaired) electrons. The molecule has 1 fully saturated rings. The summed E-state index contributed by atoms with van der Waals surface area (Å²) < 4.78 is 11.2. The molecule has 1 saturated carbocycles. The first-order chi connectivity index (χ1) is 10.4. The highest BCUT2D eigenvalue weighted by molar-refractivity contribution is 5.75. The van der Waals surface area contributed by atoms with Gasteiger partial charge in [0.05, 0.1) is 25.2 Å². The minimum Gasteiger partial charge on any atom is -0.465 e. The summed E-state index contributed by atoms with van der Waals surface area (Å²) in [4.78, 5) is 11.8. The van der Waals surface area contributed by atoms with Gasteiger partial charge in [0, 0.05) is 0 Å². The SMILES string of the molecule is C[C@H](COC(=O)C(C)(C)C)[C@H]1C[C@@H]1COCc1ccccc1. The van der Waals surface area contributed by atoms with Gasteiger partial charge in [0.2, 0.25) is 0 Å². The zero-order valence-corrected chi connectivity index (χ0v) is 14.2. The van der Waals surface area contributed by atoms with Crippen LogP contribution in [-0.4, -0.2) is 19.2 Å². The summed E-state index contributed by atoms with van der Waals surface area (Å²) in [6.07, 6.45) is 1.18. The molecule has 1 aliphatic carbocycles. The van der Waals surface area contributed by atoms with Gasteiger partial charge in [-0.1, -0.05) is 37.3 Å². The molecule has 1 aromatic rings. The van der Waals surface area contributed by atoms with Crippen molar-refractivity contribution in [1.29, 1.82) is 0 Å². The van der Waals surface area contributed by atoms with Crippen molar-refractivity contribution < 1.29 is 14.3 Å². The Hall–Kier alpha value is -1.35. The largest absolute Gasteiger partial charge is 0.465 e. The van der Waals surface area contributed by atoms with Crippen molar-refractivity contribution in [2.75, 3.05) is 13.2 Å². The van der Waals surface area contributed by atoms with Crippen LogP contribution in [0.25, 0.3) is 0 Å². The van der Waals surface area contributed by atoms with Crippen molar-refractivity contribution in [2.24, 2.45) is 23.2 Å². The molecule has 0 saturated heterocycles. The van der Waals surface area contributed by atoms with E-state index < -0.39 is 5.41 Å². The van der Waals surface area contributed by atoms with Crippen molar-refractivity contribution in [3.63, 3.8) is 0 Å². The van der Waals surface area contributed by atoms with E-state index in [1.54, 1.807) is 0 Å². The smallest absolute Gasteiger partial charge is 0.311 e. The fraction of sp³-hybridized carbons (Fsp3) is 0.632. The Kier molecular flexibility index (Phi) is 5.63. The van der Waals surface area contributed by atoms with Crippen molar-refractivity contribution in [3.05, 3.63) is 35.9 Å². The summed E-state index contributed by atoms with van der Waals surface area (Å²) in [6.45, 7) is 9.83. The molecule has 0 spiro atoms. The molecular weight excluding hydrogens is 276 g/mol. The Morgan fingerprint density at radius 3 is 2.59 bits per heavy atom. The van der Waals surface area contributed by atoms with Gasteiger partial charge >= 0.3 is 5.97 Å². The predicted octanol–water partition coefficient (Wildman–Crippen LogP) is 4.06. The third-order valence-electron chi connectivity index (χ3n) is 4.24. The number of ether oxygens (including phenoxy) is 2. The average Bonchev–Trinajstić information content (AvgIpc) is 3.24. The third-order valence-corrected chi connectivity index (χ3v) is 4.24. The fourth-order valence-corrected chi connectivity index (χ4v) is 2.61. The lowest BCUT2D eigenvalue weighted by Gasteiger charge is -2.19. The predicted molar refractivity (Wildman–Crippen MR) is 87.3 cm³/mol. The molecule has 3 nitrogen and oxygen atoms in total. The number of carbonyl (C=O) groups excluding carboxylic acids is 1. The summed E-state index contributed by atoms with van der Waals surface area (Å²) in [6, 6.07) is 10.2. The first kappa shape index (κ1) is 17.0. The molecule has 0 aliphatic heterocycles. The standard InChI is InChI=1S/C19H28O3/c1-14(11-22-18(20)19(2,3)4)17-10-16(17)13-21-12-15-8-6-5-7-9-15/h5-9,14,16-17H,10-13H2,1-4H3/t14-,16-,17-/m1/s1. The van der Waals surface area contributed by atoms with Crippen LogP contribution in [0, 0.1) is 23.2 Å². The van der Waals surface area contributed by atoms with Crippen LogP contribution in [0.4, 0.5) is 0 Å². The average molecular weight is 304 g/mol. The summed E-state index contributed by atoms with van der Waals surface area (Å²) >= 11 is 0. The van der Waals surface area contributed by atoms with Gasteiger partial charge in [0.15, 0.2) is 0 Å². The maximum Gasteiger partial charge on any atom is 0.311 e. The molecule has 1 aromatic carbocycles. The molecule has 0 unspecified atom stereocenters. The van der Waals surface area contributed by atoms with Gasteiger partial charge in [-0.15, -0.1) is 0 Å². The minimum absolute atomic E-state index is 0.114. The van der Waals surface area contributed by atoms with E-state index in [2.05, 4.69) is 19.1 Å². The monoisotopic (exact) mass is 304 g/mol. The molecule has 22 heavy (non-hydrogen) atoms. The Labute approximate surface area is 134 Å². The van der Waals surface area contributed by atoms with Crippen LogP contribution in [0.2, 0.25) is 0 Å². The number of benzene rings is 1.